The van der Waals surface area contributed by atoms with Crippen molar-refractivity contribution >= 4 is 73.4 Å². The van der Waals surface area contributed by atoms with Gasteiger partial charge >= 0.3 is 11.8 Å². The summed E-state index contributed by atoms with van der Waals surface area (Å²) in [7, 11) is 0. The van der Waals surface area contributed by atoms with Crippen LogP contribution in [0.1, 0.15) is 24.3 Å². The topological polar surface area (TPSA) is 92.2 Å². The van der Waals surface area contributed by atoms with Crippen molar-refractivity contribution in [3.8, 4) is 0 Å². The number of nitrogens with zero attached hydrogens (tertiary/aromatic N) is 1. The molecule has 0 aliphatic rings. The van der Waals surface area contributed by atoms with Crippen molar-refractivity contribution in [1.82, 2.24) is 9.99 Å². The number of anilines is 1. The van der Waals surface area contributed by atoms with Crippen LogP contribution in [0.3, 0.4) is 0 Å². The van der Waals surface area contributed by atoms with E-state index in [4.69, 9.17) is 23.2 Å². The number of nitrogens with one attached hydrogen (secondary N) is 3. The molecule has 31 heavy (non-hydrogen) atoms. The summed E-state index contributed by atoms with van der Waals surface area (Å²) in [5, 5.41) is 6.63. The number of hydrogen-bond donors (Lipinski definition) is 3. The van der Waals surface area contributed by atoms with Gasteiger partial charge in [-0.1, -0.05) is 53.0 Å². The first-order valence-corrected chi connectivity index (χ1v) is 10.9. The minimum atomic E-state index is -0.889. The molecule has 3 aromatic rings. The summed E-state index contributed by atoms with van der Waals surface area (Å²) in [6, 6.07) is 11.6. The minimum absolute atomic E-state index is 0.115. The molecule has 0 fully saturated rings. The minimum Gasteiger partial charge on any atom is -0.348 e. The van der Waals surface area contributed by atoms with E-state index in [0.29, 0.717) is 28.2 Å². The summed E-state index contributed by atoms with van der Waals surface area (Å²) >= 11 is 15.4. The zero-order valence-electron chi connectivity index (χ0n) is 16.6. The fraction of sp³-hybridized carbons (Fsp3) is 0.190. The molecule has 0 radical (unpaired) electrons. The summed E-state index contributed by atoms with van der Waals surface area (Å²) in [6.07, 6.45) is 0. The predicted octanol–water partition coefficient (Wildman–Crippen LogP) is 4.81. The molecule has 3 rings (SSSR count). The molecule has 0 saturated heterocycles. The molecular formula is C21H19BrCl2N4O3. The van der Waals surface area contributed by atoms with Crippen LogP contribution in [0.4, 0.5) is 5.69 Å². The summed E-state index contributed by atoms with van der Waals surface area (Å²) < 4.78 is 2.07. The maximum absolute atomic E-state index is 13.0. The largest absolute Gasteiger partial charge is 0.348 e. The number of carbonyl (C=O) groups excluding carboxylic acids is 3. The molecule has 0 atom stereocenters. The normalized spacial score (nSPS) is 10.9. The zero-order chi connectivity index (χ0) is 22.7. The Balaban J connectivity index is 1.94. The second-order valence-electron chi connectivity index (χ2n) is 7.19. The first-order valence-electron chi connectivity index (χ1n) is 9.32. The van der Waals surface area contributed by atoms with Crippen LogP contribution in [0.2, 0.25) is 10.0 Å². The van der Waals surface area contributed by atoms with Gasteiger partial charge in [0.15, 0.2) is 0 Å². The highest BCUT2D eigenvalue weighted by Gasteiger charge is 2.21. The van der Waals surface area contributed by atoms with Gasteiger partial charge in [0.2, 0.25) is 0 Å². The lowest BCUT2D eigenvalue weighted by Crippen LogP contribution is -2.41. The maximum Gasteiger partial charge on any atom is 0.328 e. The van der Waals surface area contributed by atoms with Crippen LogP contribution >= 0.6 is 39.1 Å². The van der Waals surface area contributed by atoms with Gasteiger partial charge in [0.1, 0.15) is 5.69 Å². The first kappa shape index (κ1) is 23.1. The Hall–Kier alpha value is -2.55. The highest BCUT2D eigenvalue weighted by Crippen LogP contribution is 2.27. The summed E-state index contributed by atoms with van der Waals surface area (Å²) in [6.45, 7) is 4.19. The molecule has 0 unspecified atom stereocenters. The fourth-order valence-electron chi connectivity index (χ4n) is 2.78. The summed E-state index contributed by atoms with van der Waals surface area (Å²) in [5.41, 5.74) is 3.52. The number of halogens is 3. The van der Waals surface area contributed by atoms with Gasteiger partial charge in [0.05, 0.1) is 16.2 Å². The van der Waals surface area contributed by atoms with Crippen LogP contribution in [0.25, 0.3) is 10.9 Å². The SMILES string of the molecule is CC(C)CNC(=O)C(=O)Nn1c(C(=O)Nc2ccc(Cl)cc2Cl)cc2cc(Br)ccc21. The third kappa shape index (κ3) is 5.58. The molecule has 3 amide bonds. The summed E-state index contributed by atoms with van der Waals surface area (Å²) in [5.74, 6) is -2.02. The number of carbonyl (C=O) groups is 3. The van der Waals surface area contributed by atoms with E-state index in [9.17, 15) is 14.4 Å². The van der Waals surface area contributed by atoms with Crippen molar-refractivity contribution in [3.05, 3.63) is 62.7 Å². The van der Waals surface area contributed by atoms with Gasteiger partial charge in [-0.15, -0.1) is 0 Å². The smallest absolute Gasteiger partial charge is 0.328 e. The molecule has 3 N–H and O–H groups in total. The Labute approximate surface area is 197 Å². The van der Waals surface area contributed by atoms with E-state index in [0.717, 1.165) is 4.47 Å². The van der Waals surface area contributed by atoms with E-state index < -0.39 is 17.7 Å². The lowest BCUT2D eigenvalue weighted by atomic mass is 10.2. The number of amides is 3. The van der Waals surface area contributed by atoms with Crippen LogP contribution in [-0.2, 0) is 9.59 Å². The van der Waals surface area contributed by atoms with Crippen LogP contribution in [0.5, 0.6) is 0 Å². The van der Waals surface area contributed by atoms with Gasteiger partial charge in [-0.3, -0.25) is 19.8 Å². The predicted molar refractivity (Wildman–Crippen MR) is 126 cm³/mol. The van der Waals surface area contributed by atoms with E-state index in [1.165, 1.54) is 10.7 Å². The summed E-state index contributed by atoms with van der Waals surface area (Å²) in [4.78, 5) is 37.6. The standard InChI is InChI=1S/C21H19BrCl2N4O3/c1-11(2)10-25-20(30)21(31)27-28-17-6-3-13(22)7-12(17)8-18(28)19(29)26-16-5-4-14(23)9-15(16)24/h3-9,11H,10H2,1-2H3,(H,25,30)(H,26,29)(H,27,31). The van der Waals surface area contributed by atoms with Gasteiger partial charge in [0, 0.05) is 21.4 Å². The van der Waals surface area contributed by atoms with Gasteiger partial charge in [-0.05, 0) is 48.4 Å². The van der Waals surface area contributed by atoms with Gasteiger partial charge in [-0.25, -0.2) is 4.68 Å². The second-order valence-corrected chi connectivity index (χ2v) is 8.95. The third-order valence-electron chi connectivity index (χ3n) is 4.27. The maximum atomic E-state index is 13.0. The number of benzene rings is 2. The molecule has 1 aromatic heterocycles. The van der Waals surface area contributed by atoms with Gasteiger partial charge < -0.3 is 10.6 Å². The Kier molecular flexibility index (Phi) is 7.25. The Morgan fingerprint density at radius 1 is 1.03 bits per heavy atom. The van der Waals surface area contributed by atoms with Gasteiger partial charge in [0.25, 0.3) is 5.91 Å². The molecule has 7 nitrogen and oxygen atoms in total. The average molecular weight is 526 g/mol. The van der Waals surface area contributed by atoms with Crippen molar-refractivity contribution in [2.45, 2.75) is 13.8 Å². The zero-order valence-corrected chi connectivity index (χ0v) is 19.7. The number of fused-ring (bicyclic) bond motifs is 1. The molecule has 0 spiro atoms. The van der Waals surface area contributed by atoms with E-state index in [1.54, 1.807) is 36.4 Å². The molecule has 0 saturated carbocycles. The monoisotopic (exact) mass is 524 g/mol. The number of rotatable bonds is 5. The van der Waals surface area contributed by atoms with E-state index in [2.05, 4.69) is 32.0 Å². The Bertz CT molecular complexity index is 1180. The number of aromatic nitrogens is 1. The molecule has 10 heteroatoms. The van der Waals surface area contributed by atoms with Crippen LogP contribution in [0.15, 0.2) is 46.9 Å². The van der Waals surface area contributed by atoms with E-state index in [1.807, 2.05) is 13.8 Å². The Morgan fingerprint density at radius 2 is 1.77 bits per heavy atom. The third-order valence-corrected chi connectivity index (χ3v) is 5.31. The van der Waals surface area contributed by atoms with E-state index in [-0.39, 0.29) is 16.6 Å². The van der Waals surface area contributed by atoms with Crippen molar-refractivity contribution < 1.29 is 14.4 Å². The average Bonchev–Trinajstić information content (AvgIpc) is 3.05. The quantitative estimate of drug-likeness (QED) is 0.417. The number of hydrogen-bond acceptors (Lipinski definition) is 3. The van der Waals surface area contributed by atoms with Crippen LogP contribution in [0, 0.1) is 5.92 Å². The fourth-order valence-corrected chi connectivity index (χ4v) is 3.61. The highest BCUT2D eigenvalue weighted by atomic mass is 79.9. The van der Waals surface area contributed by atoms with E-state index >= 15 is 0 Å². The highest BCUT2D eigenvalue weighted by molar-refractivity contribution is 9.10. The lowest BCUT2D eigenvalue weighted by Gasteiger charge is -2.13. The lowest BCUT2D eigenvalue weighted by molar-refractivity contribution is -0.136. The molecular weight excluding hydrogens is 507 g/mol. The molecule has 0 bridgehead atoms. The molecule has 1 heterocycles. The van der Waals surface area contributed by atoms with Crippen molar-refractivity contribution in [2.75, 3.05) is 17.3 Å². The first-order chi connectivity index (χ1) is 14.7. The molecule has 0 aliphatic heterocycles. The van der Waals surface area contributed by atoms with Gasteiger partial charge in [-0.2, -0.15) is 0 Å². The van der Waals surface area contributed by atoms with Crippen molar-refractivity contribution in [2.24, 2.45) is 5.92 Å². The van der Waals surface area contributed by atoms with Crippen molar-refractivity contribution in [1.29, 1.82) is 0 Å². The molecule has 0 aliphatic carbocycles. The van der Waals surface area contributed by atoms with Crippen LogP contribution < -0.4 is 16.1 Å². The molecule has 162 valence electrons. The molecule has 2 aromatic carbocycles. The second kappa shape index (κ2) is 9.72. The Morgan fingerprint density at radius 3 is 2.45 bits per heavy atom. The van der Waals surface area contributed by atoms with Crippen molar-refractivity contribution in [3.63, 3.8) is 0 Å². The van der Waals surface area contributed by atoms with Crippen LogP contribution in [-0.4, -0.2) is 28.9 Å².